The molecule has 0 unspecified atom stereocenters. The lowest BCUT2D eigenvalue weighted by Crippen LogP contribution is -1.97. The van der Waals surface area contributed by atoms with Gasteiger partial charge in [-0.05, 0) is 45.6 Å². The number of terminal acetylenes is 1. The van der Waals surface area contributed by atoms with Gasteiger partial charge in [0.25, 0.3) is 0 Å². The fourth-order valence-electron chi connectivity index (χ4n) is 2.10. The van der Waals surface area contributed by atoms with Crippen molar-refractivity contribution in [1.82, 2.24) is 0 Å². The van der Waals surface area contributed by atoms with Crippen LogP contribution < -0.4 is 4.74 Å². The number of hydrogen-bond acceptors (Lipinski definition) is 2. The molecule has 0 bridgehead atoms. The minimum Gasteiger partial charge on any atom is -0.488 e. The average Bonchev–Trinajstić information content (AvgIpc) is 3.08. The van der Waals surface area contributed by atoms with Crippen molar-refractivity contribution in [2.24, 2.45) is 0 Å². The number of hydrogen-bond donors (Lipinski definition) is 0. The van der Waals surface area contributed by atoms with Gasteiger partial charge in [-0.1, -0.05) is 42.3 Å². The molecule has 0 fully saturated rings. The number of thiophene rings is 1. The van der Waals surface area contributed by atoms with Gasteiger partial charge < -0.3 is 4.74 Å². The third kappa shape index (κ3) is 3.16. The molecule has 2 heteroatoms. The molecule has 0 saturated heterocycles. The van der Waals surface area contributed by atoms with Gasteiger partial charge in [-0.15, -0.1) is 6.42 Å². The Bertz CT molecular complexity index is 752. The molecule has 1 aromatic heterocycles. The summed E-state index contributed by atoms with van der Waals surface area (Å²) in [4.78, 5) is 0. The maximum atomic E-state index is 5.91. The summed E-state index contributed by atoms with van der Waals surface area (Å²) in [6, 6.07) is 18.2. The fourth-order valence-corrected chi connectivity index (χ4v) is 2.77. The van der Waals surface area contributed by atoms with E-state index in [-0.39, 0.29) is 0 Å². The molecule has 0 radical (unpaired) electrons. The van der Waals surface area contributed by atoms with Gasteiger partial charge in [0.15, 0.2) is 0 Å². The summed E-state index contributed by atoms with van der Waals surface area (Å²) in [6.45, 7) is 0.516. The Balaban J connectivity index is 1.86. The molecule has 0 spiro atoms. The lowest BCUT2D eigenvalue weighted by molar-refractivity contribution is 0.305. The third-order valence-corrected chi connectivity index (χ3v) is 3.91. The Morgan fingerprint density at radius 3 is 2.57 bits per heavy atom. The van der Waals surface area contributed by atoms with Crippen molar-refractivity contribution >= 4 is 11.3 Å². The average molecular weight is 290 g/mol. The Morgan fingerprint density at radius 1 is 1.00 bits per heavy atom. The highest BCUT2D eigenvalue weighted by molar-refractivity contribution is 7.08. The fraction of sp³-hybridized carbons (Fsp3) is 0.0526. The highest BCUT2D eigenvalue weighted by Gasteiger charge is 2.06. The van der Waals surface area contributed by atoms with Crippen molar-refractivity contribution in [1.29, 1.82) is 0 Å². The zero-order valence-electron chi connectivity index (χ0n) is 11.5. The van der Waals surface area contributed by atoms with Crippen LogP contribution in [0.1, 0.15) is 11.1 Å². The Morgan fingerprint density at radius 2 is 1.86 bits per heavy atom. The first-order valence-electron chi connectivity index (χ1n) is 6.67. The molecule has 0 aliphatic rings. The largest absolute Gasteiger partial charge is 0.488 e. The van der Waals surface area contributed by atoms with Crippen molar-refractivity contribution < 1.29 is 4.74 Å². The first kappa shape index (κ1) is 13.5. The maximum Gasteiger partial charge on any atom is 0.136 e. The van der Waals surface area contributed by atoms with E-state index in [9.17, 15) is 0 Å². The topological polar surface area (TPSA) is 9.23 Å². The molecule has 0 atom stereocenters. The molecule has 0 N–H and O–H groups in total. The molecule has 0 saturated carbocycles. The Kier molecular flexibility index (Phi) is 4.04. The molecule has 1 nitrogen and oxygen atoms in total. The van der Waals surface area contributed by atoms with Crippen molar-refractivity contribution in [2.45, 2.75) is 6.61 Å². The van der Waals surface area contributed by atoms with Crippen LogP contribution >= 0.6 is 11.3 Å². The van der Waals surface area contributed by atoms with E-state index in [1.165, 1.54) is 5.56 Å². The molecule has 0 aliphatic carbocycles. The summed E-state index contributed by atoms with van der Waals surface area (Å²) < 4.78 is 5.91. The number of benzene rings is 2. The molecule has 0 amide bonds. The molecule has 21 heavy (non-hydrogen) atoms. The van der Waals surface area contributed by atoms with Crippen LogP contribution in [0.2, 0.25) is 0 Å². The minimum absolute atomic E-state index is 0.516. The SMILES string of the molecule is C#Cc1ccc(-c2ccsc2)cc1OCc1ccccc1. The summed E-state index contributed by atoms with van der Waals surface area (Å²) in [7, 11) is 0. The van der Waals surface area contributed by atoms with E-state index in [4.69, 9.17) is 11.2 Å². The predicted octanol–water partition coefficient (Wildman–Crippen LogP) is 4.98. The zero-order chi connectivity index (χ0) is 14.5. The minimum atomic E-state index is 0.516. The normalized spacial score (nSPS) is 10.0. The molecular formula is C19H14OS. The summed E-state index contributed by atoms with van der Waals surface area (Å²) in [5.74, 6) is 3.44. The van der Waals surface area contributed by atoms with E-state index in [1.54, 1.807) is 11.3 Å². The molecule has 102 valence electrons. The highest BCUT2D eigenvalue weighted by atomic mass is 32.1. The molecule has 0 aliphatic heterocycles. The first-order chi connectivity index (χ1) is 10.4. The highest BCUT2D eigenvalue weighted by Crippen LogP contribution is 2.29. The molecule has 3 aromatic rings. The van der Waals surface area contributed by atoms with Crippen LogP contribution in [0, 0.1) is 12.3 Å². The maximum absolute atomic E-state index is 5.91. The van der Waals surface area contributed by atoms with Gasteiger partial charge in [-0.3, -0.25) is 0 Å². The monoisotopic (exact) mass is 290 g/mol. The molecule has 2 aromatic carbocycles. The molecule has 3 rings (SSSR count). The quantitative estimate of drug-likeness (QED) is 0.616. The van der Waals surface area contributed by atoms with Gasteiger partial charge in [-0.2, -0.15) is 11.3 Å². The summed E-state index contributed by atoms with van der Waals surface area (Å²) in [5, 5.41) is 4.18. The van der Waals surface area contributed by atoms with Gasteiger partial charge >= 0.3 is 0 Å². The van der Waals surface area contributed by atoms with Crippen LogP contribution in [0.5, 0.6) is 5.75 Å². The Labute approximate surface area is 128 Å². The van der Waals surface area contributed by atoms with Crippen LogP contribution in [0.4, 0.5) is 0 Å². The lowest BCUT2D eigenvalue weighted by atomic mass is 10.1. The smallest absolute Gasteiger partial charge is 0.136 e. The molecule has 1 heterocycles. The van der Waals surface area contributed by atoms with Crippen LogP contribution in [0.3, 0.4) is 0 Å². The third-order valence-electron chi connectivity index (χ3n) is 3.23. The predicted molar refractivity (Wildman–Crippen MR) is 88.5 cm³/mol. The second-order valence-electron chi connectivity index (χ2n) is 4.64. The summed E-state index contributed by atoms with van der Waals surface area (Å²) in [6.07, 6.45) is 5.56. The zero-order valence-corrected chi connectivity index (χ0v) is 12.3. The number of rotatable bonds is 4. The molecular weight excluding hydrogens is 276 g/mol. The van der Waals surface area contributed by atoms with E-state index in [2.05, 4.69) is 22.7 Å². The standard InChI is InChI=1S/C19H14OS/c1-2-16-8-9-17(18-10-11-21-14-18)12-19(16)20-13-15-6-4-3-5-7-15/h1,3-12,14H,13H2. The first-order valence-corrected chi connectivity index (χ1v) is 7.61. The van der Waals surface area contributed by atoms with E-state index in [0.717, 1.165) is 22.4 Å². The summed E-state index contributed by atoms with van der Waals surface area (Å²) >= 11 is 1.68. The second kappa shape index (κ2) is 6.30. The van der Waals surface area contributed by atoms with Gasteiger partial charge in [0.1, 0.15) is 12.4 Å². The van der Waals surface area contributed by atoms with Crippen LogP contribution in [0.25, 0.3) is 11.1 Å². The number of ether oxygens (including phenoxy) is 1. The summed E-state index contributed by atoms with van der Waals surface area (Å²) in [5.41, 5.74) is 4.22. The van der Waals surface area contributed by atoms with Gasteiger partial charge in [-0.25, -0.2) is 0 Å². The Hall–Kier alpha value is -2.50. The van der Waals surface area contributed by atoms with Crippen LogP contribution in [-0.2, 0) is 6.61 Å². The van der Waals surface area contributed by atoms with E-state index < -0.39 is 0 Å². The van der Waals surface area contributed by atoms with E-state index in [1.807, 2.05) is 48.5 Å². The van der Waals surface area contributed by atoms with Crippen molar-refractivity contribution in [2.75, 3.05) is 0 Å². The van der Waals surface area contributed by atoms with Gasteiger partial charge in [0.2, 0.25) is 0 Å². The van der Waals surface area contributed by atoms with E-state index in [0.29, 0.717) is 6.61 Å². The van der Waals surface area contributed by atoms with Crippen molar-refractivity contribution in [3.8, 4) is 29.2 Å². The van der Waals surface area contributed by atoms with Crippen LogP contribution in [0.15, 0.2) is 65.4 Å². The van der Waals surface area contributed by atoms with Crippen LogP contribution in [-0.4, -0.2) is 0 Å². The van der Waals surface area contributed by atoms with E-state index >= 15 is 0 Å². The lowest BCUT2D eigenvalue weighted by Gasteiger charge is -2.10. The van der Waals surface area contributed by atoms with Crippen molar-refractivity contribution in [3.05, 3.63) is 76.5 Å². The van der Waals surface area contributed by atoms with Gasteiger partial charge in [0.05, 0.1) is 5.56 Å². The second-order valence-corrected chi connectivity index (χ2v) is 5.42. The van der Waals surface area contributed by atoms with Gasteiger partial charge in [0, 0.05) is 0 Å². The van der Waals surface area contributed by atoms with Crippen molar-refractivity contribution in [3.63, 3.8) is 0 Å².